The molecule has 0 radical (unpaired) electrons. The van der Waals surface area contributed by atoms with E-state index in [2.05, 4.69) is 10.2 Å². The number of hydrogen-bond acceptors (Lipinski definition) is 3. The van der Waals surface area contributed by atoms with Crippen molar-refractivity contribution < 1.29 is 9.59 Å². The maximum absolute atomic E-state index is 12.7. The normalized spacial score (nSPS) is 16.3. The molecule has 26 heavy (non-hydrogen) atoms. The van der Waals surface area contributed by atoms with Gasteiger partial charge in [0.1, 0.15) is 0 Å². The predicted octanol–water partition coefficient (Wildman–Crippen LogP) is 2.71. The van der Waals surface area contributed by atoms with Gasteiger partial charge in [0.05, 0.1) is 6.04 Å². The Balaban J connectivity index is 1.92. The van der Waals surface area contributed by atoms with Gasteiger partial charge in [0.2, 0.25) is 5.91 Å². The zero-order valence-corrected chi connectivity index (χ0v) is 16.7. The maximum atomic E-state index is 12.7. The zero-order valence-electron chi connectivity index (χ0n) is 16.7. The molecule has 0 spiro atoms. The van der Waals surface area contributed by atoms with E-state index in [0.717, 1.165) is 29.9 Å². The van der Waals surface area contributed by atoms with Gasteiger partial charge in [-0.2, -0.15) is 0 Å². The van der Waals surface area contributed by atoms with Gasteiger partial charge in [-0.1, -0.05) is 18.2 Å². The summed E-state index contributed by atoms with van der Waals surface area (Å²) in [5, 5.41) is 3.08. The molecule has 144 valence electrons. The van der Waals surface area contributed by atoms with Crippen LogP contribution in [0, 0.1) is 13.8 Å². The van der Waals surface area contributed by atoms with Crippen molar-refractivity contribution in [3.05, 3.63) is 29.3 Å². The van der Waals surface area contributed by atoms with Crippen LogP contribution in [0.4, 0.5) is 10.5 Å². The Morgan fingerprint density at radius 1 is 1.08 bits per heavy atom. The number of carbonyl (C=O) groups excluding carboxylic acids is 2. The van der Waals surface area contributed by atoms with E-state index in [1.165, 1.54) is 0 Å². The third-order valence-corrected chi connectivity index (χ3v) is 5.28. The summed E-state index contributed by atoms with van der Waals surface area (Å²) in [5.41, 5.74) is 3.04. The minimum Gasteiger partial charge on any atom is -0.325 e. The molecule has 1 unspecified atom stereocenters. The highest BCUT2D eigenvalue weighted by atomic mass is 16.2. The Morgan fingerprint density at radius 2 is 1.62 bits per heavy atom. The summed E-state index contributed by atoms with van der Waals surface area (Å²) in [7, 11) is 0. The Labute approximate surface area is 157 Å². The lowest BCUT2D eigenvalue weighted by Crippen LogP contribution is -2.56. The van der Waals surface area contributed by atoms with Crippen LogP contribution < -0.4 is 5.32 Å². The molecule has 0 aliphatic carbocycles. The molecule has 3 amide bonds. The Bertz CT molecular complexity index is 614. The number of anilines is 1. The number of nitrogens with zero attached hydrogens (tertiary/aromatic N) is 3. The fourth-order valence-electron chi connectivity index (χ4n) is 3.40. The second kappa shape index (κ2) is 9.03. The van der Waals surface area contributed by atoms with Gasteiger partial charge in [-0.05, 0) is 45.7 Å². The van der Waals surface area contributed by atoms with E-state index in [9.17, 15) is 9.59 Å². The first-order valence-electron chi connectivity index (χ1n) is 9.54. The van der Waals surface area contributed by atoms with Gasteiger partial charge in [0.15, 0.2) is 0 Å². The van der Waals surface area contributed by atoms with Crippen LogP contribution in [0.25, 0.3) is 0 Å². The minimum atomic E-state index is -0.222. The molecule has 1 aromatic carbocycles. The predicted molar refractivity (Wildman–Crippen MR) is 105 cm³/mol. The van der Waals surface area contributed by atoms with Crippen molar-refractivity contribution in [2.24, 2.45) is 0 Å². The number of aryl methyl sites for hydroxylation is 2. The molecular weight excluding hydrogens is 328 g/mol. The summed E-state index contributed by atoms with van der Waals surface area (Å²) in [6.45, 7) is 14.2. The lowest BCUT2D eigenvalue weighted by Gasteiger charge is -2.39. The first-order chi connectivity index (χ1) is 12.4. The smallest absolute Gasteiger partial charge is 0.320 e. The molecule has 1 aromatic rings. The molecule has 6 heteroatoms. The van der Waals surface area contributed by atoms with E-state index in [1.807, 2.05) is 62.6 Å². The quantitative estimate of drug-likeness (QED) is 0.878. The number of piperazine rings is 1. The van der Waals surface area contributed by atoms with Crippen LogP contribution in [0.2, 0.25) is 0 Å². The fourth-order valence-corrected chi connectivity index (χ4v) is 3.40. The number of amides is 3. The molecule has 1 atom stereocenters. The summed E-state index contributed by atoms with van der Waals surface area (Å²) < 4.78 is 0. The molecule has 6 nitrogen and oxygen atoms in total. The molecule has 1 aliphatic rings. The third kappa shape index (κ3) is 4.55. The standard InChI is InChI=1S/C20H32N4O2/c1-6-22(7-2)20(26)24-13-11-23(12-14-24)17(5)19(25)21-18-15(3)9-8-10-16(18)4/h8-10,17H,6-7,11-14H2,1-5H3,(H,21,25). The largest absolute Gasteiger partial charge is 0.325 e. The number of urea groups is 1. The average molecular weight is 361 g/mol. The second-order valence-electron chi connectivity index (χ2n) is 6.91. The topological polar surface area (TPSA) is 55.9 Å². The van der Waals surface area contributed by atoms with Gasteiger partial charge >= 0.3 is 6.03 Å². The van der Waals surface area contributed by atoms with E-state index in [-0.39, 0.29) is 18.0 Å². The highest BCUT2D eigenvalue weighted by Crippen LogP contribution is 2.20. The number of benzene rings is 1. The van der Waals surface area contributed by atoms with Crippen LogP contribution in [0.3, 0.4) is 0 Å². The lowest BCUT2D eigenvalue weighted by atomic mass is 10.1. The summed E-state index contributed by atoms with van der Waals surface area (Å²) in [6.07, 6.45) is 0. The minimum absolute atomic E-state index is 0.00548. The molecule has 1 aliphatic heterocycles. The number of carbonyl (C=O) groups is 2. The Morgan fingerprint density at radius 3 is 2.12 bits per heavy atom. The molecule has 0 aromatic heterocycles. The average Bonchev–Trinajstić information content (AvgIpc) is 2.65. The third-order valence-electron chi connectivity index (χ3n) is 5.28. The molecule has 2 rings (SSSR count). The summed E-state index contributed by atoms with van der Waals surface area (Å²) in [4.78, 5) is 31.0. The van der Waals surface area contributed by atoms with Gasteiger partial charge in [-0.25, -0.2) is 4.79 Å². The van der Waals surface area contributed by atoms with Crippen molar-refractivity contribution >= 4 is 17.6 Å². The first kappa shape index (κ1) is 20.2. The van der Waals surface area contributed by atoms with Crippen LogP contribution in [-0.2, 0) is 4.79 Å². The van der Waals surface area contributed by atoms with E-state index in [0.29, 0.717) is 26.2 Å². The monoisotopic (exact) mass is 360 g/mol. The van der Waals surface area contributed by atoms with Gasteiger partial charge in [-0.15, -0.1) is 0 Å². The SMILES string of the molecule is CCN(CC)C(=O)N1CCN(C(C)C(=O)Nc2c(C)cccc2C)CC1. The molecule has 1 saturated heterocycles. The lowest BCUT2D eigenvalue weighted by molar-refractivity contribution is -0.121. The van der Waals surface area contributed by atoms with Gasteiger partial charge < -0.3 is 15.1 Å². The van der Waals surface area contributed by atoms with Crippen LogP contribution in [0.5, 0.6) is 0 Å². The van der Waals surface area contributed by atoms with E-state index < -0.39 is 0 Å². The maximum Gasteiger partial charge on any atom is 0.320 e. The highest BCUT2D eigenvalue weighted by molar-refractivity contribution is 5.95. The summed E-state index contributed by atoms with van der Waals surface area (Å²) in [6, 6.07) is 5.88. The van der Waals surface area contributed by atoms with Gasteiger partial charge in [-0.3, -0.25) is 9.69 Å². The van der Waals surface area contributed by atoms with Gasteiger partial charge in [0, 0.05) is 45.0 Å². The van der Waals surface area contributed by atoms with Crippen LogP contribution in [0.1, 0.15) is 31.9 Å². The first-order valence-corrected chi connectivity index (χ1v) is 9.54. The van der Waals surface area contributed by atoms with Crippen molar-refractivity contribution in [1.82, 2.24) is 14.7 Å². The van der Waals surface area contributed by atoms with Crippen molar-refractivity contribution in [3.63, 3.8) is 0 Å². The number of rotatable bonds is 5. The Hall–Kier alpha value is -2.08. The molecule has 1 N–H and O–H groups in total. The van der Waals surface area contributed by atoms with E-state index >= 15 is 0 Å². The number of nitrogens with one attached hydrogen (secondary N) is 1. The van der Waals surface area contributed by atoms with Crippen molar-refractivity contribution in [1.29, 1.82) is 0 Å². The van der Waals surface area contributed by atoms with Crippen molar-refractivity contribution in [2.45, 2.75) is 40.7 Å². The van der Waals surface area contributed by atoms with Gasteiger partial charge in [0.25, 0.3) is 0 Å². The van der Waals surface area contributed by atoms with Crippen molar-refractivity contribution in [2.75, 3.05) is 44.6 Å². The molecule has 1 fully saturated rings. The van der Waals surface area contributed by atoms with Crippen LogP contribution in [-0.4, -0.2) is 71.9 Å². The van der Waals surface area contributed by atoms with Crippen LogP contribution in [0.15, 0.2) is 18.2 Å². The van der Waals surface area contributed by atoms with E-state index in [4.69, 9.17) is 0 Å². The van der Waals surface area contributed by atoms with E-state index in [1.54, 1.807) is 0 Å². The van der Waals surface area contributed by atoms with Crippen molar-refractivity contribution in [3.8, 4) is 0 Å². The zero-order chi connectivity index (χ0) is 19.3. The highest BCUT2D eigenvalue weighted by Gasteiger charge is 2.29. The number of hydrogen-bond donors (Lipinski definition) is 1. The summed E-state index contributed by atoms with van der Waals surface area (Å²) in [5.74, 6) is 0.00548. The summed E-state index contributed by atoms with van der Waals surface area (Å²) >= 11 is 0. The number of para-hydroxylation sites is 1. The molecule has 0 bridgehead atoms. The Kier molecular flexibility index (Phi) is 7.03. The molecular formula is C20H32N4O2. The molecule has 0 saturated carbocycles. The van der Waals surface area contributed by atoms with Crippen LogP contribution >= 0.6 is 0 Å². The fraction of sp³-hybridized carbons (Fsp3) is 0.600. The molecule has 1 heterocycles. The second-order valence-corrected chi connectivity index (χ2v) is 6.91.